The van der Waals surface area contributed by atoms with Gasteiger partial charge in [0, 0.05) is 12.6 Å². The average molecular weight is 324 g/mol. The summed E-state index contributed by atoms with van der Waals surface area (Å²) in [5.41, 5.74) is 8.51. The van der Waals surface area contributed by atoms with E-state index in [0.29, 0.717) is 6.54 Å². The van der Waals surface area contributed by atoms with Crippen molar-refractivity contribution in [3.8, 4) is 0 Å². The molecule has 3 nitrogen and oxygen atoms in total. The molecule has 0 fully saturated rings. The minimum absolute atomic E-state index is 0.00637. The Morgan fingerprint density at radius 2 is 1.58 bits per heavy atom. The molecule has 0 spiro atoms. The van der Waals surface area contributed by atoms with Crippen molar-refractivity contribution in [1.82, 2.24) is 5.32 Å². The number of carbonyl (C=O) groups excluding carboxylic acids is 1. The molecular weight excluding hydrogens is 296 g/mol. The summed E-state index contributed by atoms with van der Waals surface area (Å²) < 4.78 is 0. The second-order valence-corrected chi connectivity index (χ2v) is 7.27. The van der Waals surface area contributed by atoms with Gasteiger partial charge in [-0.3, -0.25) is 4.79 Å². The van der Waals surface area contributed by atoms with E-state index in [-0.39, 0.29) is 23.3 Å². The van der Waals surface area contributed by atoms with Crippen molar-refractivity contribution < 1.29 is 4.79 Å². The molecule has 2 aromatic rings. The quantitative estimate of drug-likeness (QED) is 0.816. The fourth-order valence-electron chi connectivity index (χ4n) is 2.83. The molecule has 2 atom stereocenters. The topological polar surface area (TPSA) is 55.1 Å². The molecule has 2 rings (SSSR count). The molecule has 128 valence electrons. The molecule has 0 aliphatic rings. The lowest BCUT2D eigenvalue weighted by molar-refractivity contribution is -0.125. The summed E-state index contributed by atoms with van der Waals surface area (Å²) in [5.74, 6) is -0.257. The summed E-state index contributed by atoms with van der Waals surface area (Å²) in [4.78, 5) is 12.5. The summed E-state index contributed by atoms with van der Waals surface area (Å²) in [6.45, 7) is 6.86. The van der Waals surface area contributed by atoms with Crippen LogP contribution in [0.15, 0.2) is 60.7 Å². The van der Waals surface area contributed by atoms with Gasteiger partial charge in [-0.05, 0) is 23.0 Å². The van der Waals surface area contributed by atoms with Crippen LogP contribution in [-0.2, 0) is 11.2 Å². The third-order valence-electron chi connectivity index (χ3n) is 4.40. The number of benzene rings is 2. The normalized spacial score (nSPS) is 14.0. The molecular formula is C21H28N2O. The highest BCUT2D eigenvalue weighted by atomic mass is 16.1. The van der Waals surface area contributed by atoms with E-state index in [1.807, 2.05) is 55.5 Å². The second kappa shape index (κ2) is 8.11. The van der Waals surface area contributed by atoms with E-state index >= 15 is 0 Å². The predicted molar refractivity (Wildman–Crippen MR) is 99.5 cm³/mol. The van der Waals surface area contributed by atoms with Crippen LogP contribution < -0.4 is 11.1 Å². The van der Waals surface area contributed by atoms with Gasteiger partial charge in [0.05, 0.1) is 5.92 Å². The van der Waals surface area contributed by atoms with Crippen LogP contribution in [0.4, 0.5) is 0 Å². The van der Waals surface area contributed by atoms with Crippen LogP contribution >= 0.6 is 0 Å². The van der Waals surface area contributed by atoms with Crippen molar-refractivity contribution in [2.24, 2.45) is 17.1 Å². The van der Waals surface area contributed by atoms with Gasteiger partial charge in [0.25, 0.3) is 0 Å². The van der Waals surface area contributed by atoms with E-state index in [1.54, 1.807) is 0 Å². The van der Waals surface area contributed by atoms with Gasteiger partial charge in [-0.25, -0.2) is 0 Å². The molecule has 3 N–H and O–H groups in total. The van der Waals surface area contributed by atoms with Crippen LogP contribution in [0.25, 0.3) is 0 Å². The molecule has 0 radical (unpaired) electrons. The van der Waals surface area contributed by atoms with E-state index in [2.05, 4.69) is 31.3 Å². The van der Waals surface area contributed by atoms with E-state index in [4.69, 9.17) is 5.73 Å². The van der Waals surface area contributed by atoms with Crippen LogP contribution in [-0.4, -0.2) is 12.5 Å². The van der Waals surface area contributed by atoms with Gasteiger partial charge in [0.1, 0.15) is 0 Å². The fraction of sp³-hybridized carbons (Fsp3) is 0.381. The highest BCUT2D eigenvalue weighted by Gasteiger charge is 2.25. The lowest BCUT2D eigenvalue weighted by Crippen LogP contribution is -2.40. The Labute approximate surface area is 145 Å². The summed E-state index contributed by atoms with van der Waals surface area (Å²) in [7, 11) is 0. The van der Waals surface area contributed by atoms with Gasteiger partial charge in [-0.2, -0.15) is 0 Å². The molecule has 0 heterocycles. The maximum atomic E-state index is 12.5. The molecule has 0 saturated carbocycles. The third-order valence-corrected chi connectivity index (χ3v) is 4.40. The molecule has 0 aliphatic carbocycles. The van der Waals surface area contributed by atoms with Crippen LogP contribution in [0.5, 0.6) is 0 Å². The standard InChI is InChI=1S/C21H28N2O/c1-16(19(22)18-12-8-5-9-13-18)20(24)23-15-21(2,3)14-17-10-6-4-7-11-17/h4-13,16,19H,14-15,22H2,1-3H3,(H,23,24). The Morgan fingerprint density at radius 3 is 2.17 bits per heavy atom. The molecule has 0 saturated heterocycles. The average Bonchev–Trinajstić information content (AvgIpc) is 2.59. The van der Waals surface area contributed by atoms with E-state index in [0.717, 1.165) is 12.0 Å². The number of hydrogen-bond acceptors (Lipinski definition) is 2. The number of rotatable bonds is 7. The Hall–Kier alpha value is -2.13. The lowest BCUT2D eigenvalue weighted by Gasteiger charge is -2.27. The SMILES string of the molecule is CC(C(=O)NCC(C)(C)Cc1ccccc1)C(N)c1ccccc1. The second-order valence-electron chi connectivity index (χ2n) is 7.27. The summed E-state index contributed by atoms with van der Waals surface area (Å²) >= 11 is 0. The lowest BCUT2D eigenvalue weighted by atomic mass is 9.85. The van der Waals surface area contributed by atoms with Gasteiger partial charge in [-0.15, -0.1) is 0 Å². The molecule has 0 aromatic heterocycles. The number of nitrogens with one attached hydrogen (secondary N) is 1. The first-order chi connectivity index (χ1) is 11.4. The van der Waals surface area contributed by atoms with Crippen molar-refractivity contribution >= 4 is 5.91 Å². The largest absolute Gasteiger partial charge is 0.355 e. The molecule has 3 heteroatoms. The van der Waals surface area contributed by atoms with Crippen molar-refractivity contribution in [1.29, 1.82) is 0 Å². The Morgan fingerprint density at radius 1 is 1.04 bits per heavy atom. The van der Waals surface area contributed by atoms with Gasteiger partial charge in [0.15, 0.2) is 0 Å². The van der Waals surface area contributed by atoms with Crippen LogP contribution in [0.1, 0.15) is 37.9 Å². The van der Waals surface area contributed by atoms with Gasteiger partial charge in [0.2, 0.25) is 5.91 Å². The number of nitrogens with two attached hydrogens (primary N) is 1. The van der Waals surface area contributed by atoms with Crippen molar-refractivity contribution in [2.45, 2.75) is 33.2 Å². The number of carbonyl (C=O) groups is 1. The molecule has 0 aliphatic heterocycles. The van der Waals surface area contributed by atoms with Gasteiger partial charge < -0.3 is 11.1 Å². The van der Waals surface area contributed by atoms with Crippen LogP contribution in [0.3, 0.4) is 0 Å². The van der Waals surface area contributed by atoms with Crippen molar-refractivity contribution in [3.05, 3.63) is 71.8 Å². The molecule has 2 unspecified atom stereocenters. The van der Waals surface area contributed by atoms with Crippen molar-refractivity contribution in [3.63, 3.8) is 0 Å². The fourth-order valence-corrected chi connectivity index (χ4v) is 2.83. The first-order valence-electron chi connectivity index (χ1n) is 8.51. The highest BCUT2D eigenvalue weighted by Crippen LogP contribution is 2.22. The molecule has 24 heavy (non-hydrogen) atoms. The van der Waals surface area contributed by atoms with Gasteiger partial charge >= 0.3 is 0 Å². The van der Waals surface area contributed by atoms with Crippen molar-refractivity contribution in [2.75, 3.05) is 6.54 Å². The molecule has 0 bridgehead atoms. The Bertz CT molecular complexity index is 637. The van der Waals surface area contributed by atoms with E-state index < -0.39 is 0 Å². The number of amides is 1. The molecule has 2 aromatic carbocycles. The summed E-state index contributed by atoms with van der Waals surface area (Å²) in [5, 5.41) is 3.07. The van der Waals surface area contributed by atoms with Crippen LogP contribution in [0.2, 0.25) is 0 Å². The van der Waals surface area contributed by atoms with Gasteiger partial charge in [-0.1, -0.05) is 81.4 Å². The van der Waals surface area contributed by atoms with Crippen LogP contribution in [0, 0.1) is 11.3 Å². The minimum atomic E-state index is -0.288. The maximum Gasteiger partial charge on any atom is 0.224 e. The molecule has 1 amide bonds. The maximum absolute atomic E-state index is 12.5. The first-order valence-corrected chi connectivity index (χ1v) is 8.51. The zero-order chi connectivity index (χ0) is 17.6. The summed E-state index contributed by atoms with van der Waals surface area (Å²) in [6.07, 6.45) is 0.924. The zero-order valence-corrected chi connectivity index (χ0v) is 14.8. The monoisotopic (exact) mass is 324 g/mol. The Balaban J connectivity index is 1.89. The summed E-state index contributed by atoms with van der Waals surface area (Å²) in [6, 6.07) is 19.8. The predicted octanol–water partition coefficient (Wildman–Crippen LogP) is 3.71. The third kappa shape index (κ3) is 5.20. The zero-order valence-electron chi connectivity index (χ0n) is 14.8. The minimum Gasteiger partial charge on any atom is -0.355 e. The smallest absolute Gasteiger partial charge is 0.224 e. The Kier molecular flexibility index (Phi) is 6.16. The first kappa shape index (κ1) is 18.2. The number of hydrogen-bond donors (Lipinski definition) is 2. The van der Waals surface area contributed by atoms with E-state index in [1.165, 1.54) is 5.56 Å². The van der Waals surface area contributed by atoms with E-state index in [9.17, 15) is 4.79 Å². The highest BCUT2D eigenvalue weighted by molar-refractivity contribution is 5.79.